The molecule has 0 spiro atoms. The highest BCUT2D eigenvalue weighted by molar-refractivity contribution is 5.82. The molecule has 2 N–H and O–H groups in total. The second-order valence-corrected chi connectivity index (χ2v) is 7.87. The number of benzene rings is 1. The highest BCUT2D eigenvalue weighted by atomic mass is 16.5. The zero-order valence-electron chi connectivity index (χ0n) is 16.4. The number of aryl methyl sites for hydroxylation is 1. The molecule has 3 rings (SSSR count). The average Bonchev–Trinajstić information content (AvgIpc) is 3.56. The molecule has 2 amide bonds. The number of nitrogens with zero attached hydrogens (tertiary/aromatic N) is 1. The van der Waals surface area contributed by atoms with E-state index in [1.165, 1.54) is 0 Å². The fourth-order valence-corrected chi connectivity index (χ4v) is 3.93. The molecule has 0 heterocycles. The Hall–Kier alpha value is -2.55. The molecular weight excluding hydrogens is 354 g/mol. The SMILES string of the molecule is COc1cccc(CCC(=O)N[C@H]2CCCC[C@H]2C(=O)NC(C#N)C2CC2)c1. The van der Waals surface area contributed by atoms with Gasteiger partial charge >= 0.3 is 0 Å². The largest absolute Gasteiger partial charge is 0.497 e. The van der Waals surface area contributed by atoms with Crippen LogP contribution in [0.2, 0.25) is 0 Å². The lowest BCUT2D eigenvalue weighted by molar-refractivity contribution is -0.128. The van der Waals surface area contributed by atoms with Gasteiger partial charge in [-0.3, -0.25) is 9.59 Å². The van der Waals surface area contributed by atoms with Gasteiger partial charge in [-0.25, -0.2) is 0 Å². The normalized spacial score (nSPS) is 22.6. The van der Waals surface area contributed by atoms with Crippen molar-refractivity contribution in [1.29, 1.82) is 5.26 Å². The smallest absolute Gasteiger partial charge is 0.226 e. The van der Waals surface area contributed by atoms with Crippen LogP contribution in [0, 0.1) is 23.2 Å². The van der Waals surface area contributed by atoms with Crippen molar-refractivity contribution in [3.63, 3.8) is 0 Å². The molecule has 28 heavy (non-hydrogen) atoms. The van der Waals surface area contributed by atoms with E-state index < -0.39 is 0 Å². The van der Waals surface area contributed by atoms with Crippen LogP contribution in [-0.4, -0.2) is 31.0 Å². The maximum atomic E-state index is 12.7. The van der Waals surface area contributed by atoms with E-state index in [4.69, 9.17) is 4.74 Å². The van der Waals surface area contributed by atoms with Crippen LogP contribution < -0.4 is 15.4 Å². The molecular formula is C22H29N3O3. The fourth-order valence-electron chi connectivity index (χ4n) is 3.93. The quantitative estimate of drug-likeness (QED) is 0.722. The molecule has 1 unspecified atom stereocenters. The third-order valence-corrected chi connectivity index (χ3v) is 5.75. The lowest BCUT2D eigenvalue weighted by Crippen LogP contribution is -2.50. The van der Waals surface area contributed by atoms with Crippen LogP contribution in [0.15, 0.2) is 24.3 Å². The molecule has 0 bridgehead atoms. The molecule has 0 aliphatic heterocycles. The van der Waals surface area contributed by atoms with Crippen LogP contribution >= 0.6 is 0 Å². The molecule has 2 saturated carbocycles. The third kappa shape index (κ3) is 5.48. The van der Waals surface area contributed by atoms with Gasteiger partial charge < -0.3 is 15.4 Å². The van der Waals surface area contributed by atoms with Crippen molar-refractivity contribution in [2.75, 3.05) is 7.11 Å². The summed E-state index contributed by atoms with van der Waals surface area (Å²) in [5, 5.41) is 15.2. The summed E-state index contributed by atoms with van der Waals surface area (Å²) in [4.78, 5) is 25.2. The zero-order chi connectivity index (χ0) is 19.9. The van der Waals surface area contributed by atoms with Gasteiger partial charge in [-0.05, 0) is 55.7 Å². The van der Waals surface area contributed by atoms with E-state index in [2.05, 4.69) is 16.7 Å². The topological polar surface area (TPSA) is 91.2 Å². The molecule has 2 aliphatic carbocycles. The van der Waals surface area contributed by atoms with Crippen molar-refractivity contribution in [3.05, 3.63) is 29.8 Å². The highest BCUT2D eigenvalue weighted by Gasteiger charge is 2.37. The Morgan fingerprint density at radius 1 is 1.25 bits per heavy atom. The van der Waals surface area contributed by atoms with Crippen LogP contribution in [0.5, 0.6) is 5.75 Å². The molecule has 1 aromatic rings. The summed E-state index contributed by atoms with van der Waals surface area (Å²) >= 11 is 0. The van der Waals surface area contributed by atoms with Crippen molar-refractivity contribution in [3.8, 4) is 11.8 Å². The number of nitriles is 1. The Kier molecular flexibility index (Phi) is 6.91. The van der Waals surface area contributed by atoms with E-state index in [1.54, 1.807) is 7.11 Å². The Morgan fingerprint density at radius 2 is 2.04 bits per heavy atom. The van der Waals surface area contributed by atoms with Gasteiger partial charge in [0.1, 0.15) is 11.8 Å². The van der Waals surface area contributed by atoms with E-state index in [0.29, 0.717) is 18.8 Å². The molecule has 0 saturated heterocycles. The van der Waals surface area contributed by atoms with Gasteiger partial charge in [0, 0.05) is 12.5 Å². The summed E-state index contributed by atoms with van der Waals surface area (Å²) in [7, 11) is 1.63. The number of methoxy groups -OCH3 is 1. The minimum atomic E-state index is -0.390. The van der Waals surface area contributed by atoms with Crippen molar-refractivity contribution >= 4 is 11.8 Å². The molecule has 3 atom stereocenters. The van der Waals surface area contributed by atoms with Gasteiger partial charge in [-0.15, -0.1) is 0 Å². The summed E-state index contributed by atoms with van der Waals surface area (Å²) in [6.45, 7) is 0. The first-order chi connectivity index (χ1) is 13.6. The van der Waals surface area contributed by atoms with E-state index in [0.717, 1.165) is 49.8 Å². The van der Waals surface area contributed by atoms with Crippen molar-refractivity contribution in [2.24, 2.45) is 11.8 Å². The van der Waals surface area contributed by atoms with Crippen molar-refractivity contribution in [1.82, 2.24) is 10.6 Å². The molecule has 150 valence electrons. The molecule has 1 aromatic carbocycles. The van der Waals surface area contributed by atoms with Crippen LogP contribution in [0.4, 0.5) is 0 Å². The Bertz CT molecular complexity index is 739. The summed E-state index contributed by atoms with van der Waals surface area (Å²) in [6, 6.07) is 9.38. The van der Waals surface area contributed by atoms with Crippen LogP contribution in [0.3, 0.4) is 0 Å². The first-order valence-corrected chi connectivity index (χ1v) is 10.2. The third-order valence-electron chi connectivity index (χ3n) is 5.75. The molecule has 2 fully saturated rings. The van der Waals surface area contributed by atoms with Gasteiger partial charge in [-0.2, -0.15) is 5.26 Å². The minimum absolute atomic E-state index is 0.0356. The predicted octanol–water partition coefficient (Wildman–Crippen LogP) is 2.72. The number of hydrogen-bond donors (Lipinski definition) is 2. The number of carbonyl (C=O) groups is 2. The monoisotopic (exact) mass is 383 g/mol. The molecule has 6 heteroatoms. The molecule has 6 nitrogen and oxygen atoms in total. The second kappa shape index (κ2) is 9.59. The number of carbonyl (C=O) groups excluding carboxylic acids is 2. The maximum absolute atomic E-state index is 12.7. The minimum Gasteiger partial charge on any atom is -0.497 e. The second-order valence-electron chi connectivity index (χ2n) is 7.87. The summed E-state index contributed by atoms with van der Waals surface area (Å²) in [6.07, 6.45) is 6.58. The fraction of sp³-hybridized carbons (Fsp3) is 0.591. The van der Waals surface area contributed by atoms with Crippen molar-refractivity contribution < 1.29 is 14.3 Å². The molecule has 0 aromatic heterocycles. The number of amides is 2. The highest BCUT2D eigenvalue weighted by Crippen LogP contribution is 2.33. The molecule has 2 aliphatic rings. The van der Waals surface area contributed by atoms with E-state index in [9.17, 15) is 14.9 Å². The lowest BCUT2D eigenvalue weighted by atomic mass is 9.83. The Labute approximate surface area is 166 Å². The molecule has 0 radical (unpaired) electrons. The van der Waals surface area contributed by atoms with E-state index in [-0.39, 0.29) is 29.8 Å². The van der Waals surface area contributed by atoms with E-state index >= 15 is 0 Å². The van der Waals surface area contributed by atoms with Gasteiger partial charge in [0.15, 0.2) is 0 Å². The zero-order valence-corrected chi connectivity index (χ0v) is 16.4. The van der Waals surface area contributed by atoms with Gasteiger partial charge in [-0.1, -0.05) is 25.0 Å². The number of nitrogens with one attached hydrogen (secondary N) is 2. The van der Waals surface area contributed by atoms with Crippen LogP contribution in [-0.2, 0) is 16.0 Å². The predicted molar refractivity (Wildman–Crippen MR) is 105 cm³/mol. The lowest BCUT2D eigenvalue weighted by Gasteiger charge is -2.32. The number of rotatable bonds is 8. The number of ether oxygens (including phenoxy) is 1. The van der Waals surface area contributed by atoms with Gasteiger partial charge in [0.05, 0.1) is 19.1 Å². The standard InChI is InChI=1S/C22H29N3O3/c1-28-17-6-4-5-15(13-17)9-12-21(26)24-19-8-3-2-7-18(19)22(27)25-20(14-23)16-10-11-16/h4-6,13,16,18-20H,2-3,7-12H2,1H3,(H,24,26)(H,25,27)/t18-,19+,20?/m1/s1. The Morgan fingerprint density at radius 3 is 2.75 bits per heavy atom. The van der Waals surface area contributed by atoms with E-state index in [1.807, 2.05) is 24.3 Å². The summed E-state index contributed by atoms with van der Waals surface area (Å²) in [5.74, 6) is 0.713. The summed E-state index contributed by atoms with van der Waals surface area (Å²) < 4.78 is 5.22. The van der Waals surface area contributed by atoms with Crippen LogP contribution in [0.25, 0.3) is 0 Å². The first-order valence-electron chi connectivity index (χ1n) is 10.2. The first kappa shape index (κ1) is 20.2. The van der Waals surface area contributed by atoms with Crippen LogP contribution in [0.1, 0.15) is 50.5 Å². The Balaban J connectivity index is 1.52. The maximum Gasteiger partial charge on any atom is 0.226 e. The summed E-state index contributed by atoms with van der Waals surface area (Å²) in [5.41, 5.74) is 1.05. The average molecular weight is 383 g/mol. The van der Waals surface area contributed by atoms with Gasteiger partial charge in [0.2, 0.25) is 11.8 Å². The van der Waals surface area contributed by atoms with Crippen molar-refractivity contribution in [2.45, 2.75) is 63.5 Å². The van der Waals surface area contributed by atoms with Gasteiger partial charge in [0.25, 0.3) is 0 Å². The number of hydrogen-bond acceptors (Lipinski definition) is 4.